The van der Waals surface area contributed by atoms with Crippen molar-refractivity contribution in [3.8, 4) is 0 Å². The minimum absolute atomic E-state index is 0.116. The highest BCUT2D eigenvalue weighted by atomic mass is 16.5. The van der Waals surface area contributed by atoms with Crippen LogP contribution in [0.1, 0.15) is 41.7 Å². The van der Waals surface area contributed by atoms with E-state index in [2.05, 4.69) is 15.0 Å². The number of esters is 1. The van der Waals surface area contributed by atoms with Crippen molar-refractivity contribution in [3.05, 3.63) is 33.7 Å². The summed E-state index contributed by atoms with van der Waals surface area (Å²) in [7, 11) is 1.36. The third-order valence-electron chi connectivity index (χ3n) is 2.87. The van der Waals surface area contributed by atoms with Crippen molar-refractivity contribution in [1.82, 2.24) is 10.3 Å². The number of hydrogen-bond acceptors (Lipinski definition) is 4. The van der Waals surface area contributed by atoms with Crippen LogP contribution in [0, 0.1) is 6.92 Å². The van der Waals surface area contributed by atoms with Crippen molar-refractivity contribution in [2.45, 2.75) is 32.6 Å². The van der Waals surface area contributed by atoms with E-state index in [0.717, 1.165) is 25.0 Å². The third kappa shape index (κ3) is 5.26. The van der Waals surface area contributed by atoms with E-state index in [9.17, 15) is 14.4 Å². The quantitative estimate of drug-likeness (QED) is 0.579. The van der Waals surface area contributed by atoms with Gasteiger partial charge in [0.05, 0.1) is 7.11 Å². The van der Waals surface area contributed by atoms with Crippen LogP contribution in [0.2, 0.25) is 0 Å². The third-order valence-corrected chi connectivity index (χ3v) is 2.87. The number of H-pyrrole nitrogens is 1. The molecule has 0 spiro atoms. The number of aryl methyl sites for hydroxylation is 1. The number of pyridine rings is 1. The van der Waals surface area contributed by atoms with Gasteiger partial charge in [0, 0.05) is 30.9 Å². The number of hydrogen-bond donors (Lipinski definition) is 2. The molecule has 1 amide bonds. The maximum absolute atomic E-state index is 11.8. The fourth-order valence-corrected chi connectivity index (χ4v) is 1.72. The summed E-state index contributed by atoms with van der Waals surface area (Å²) < 4.78 is 4.53. The largest absolute Gasteiger partial charge is 0.469 e. The Morgan fingerprint density at radius 2 is 2.05 bits per heavy atom. The van der Waals surface area contributed by atoms with E-state index in [1.54, 1.807) is 6.92 Å². The molecule has 0 aliphatic carbocycles. The maximum Gasteiger partial charge on any atom is 0.305 e. The van der Waals surface area contributed by atoms with E-state index in [1.165, 1.54) is 19.4 Å². The van der Waals surface area contributed by atoms with Gasteiger partial charge in [-0.15, -0.1) is 0 Å². The van der Waals surface area contributed by atoms with Crippen LogP contribution < -0.4 is 10.7 Å². The van der Waals surface area contributed by atoms with E-state index in [0.29, 0.717) is 13.0 Å². The Hall–Kier alpha value is -2.11. The van der Waals surface area contributed by atoms with Gasteiger partial charge in [-0.2, -0.15) is 0 Å². The molecular weight excluding hydrogens is 260 g/mol. The number of unbranched alkanes of at least 4 members (excludes halogenated alkanes) is 2. The smallest absolute Gasteiger partial charge is 0.305 e. The zero-order chi connectivity index (χ0) is 15.0. The van der Waals surface area contributed by atoms with E-state index >= 15 is 0 Å². The molecule has 1 heterocycles. The fraction of sp³-hybridized carbons (Fsp3) is 0.500. The zero-order valence-electron chi connectivity index (χ0n) is 11.8. The molecule has 20 heavy (non-hydrogen) atoms. The lowest BCUT2D eigenvalue weighted by Gasteiger charge is -2.05. The second kappa shape index (κ2) is 8.14. The summed E-state index contributed by atoms with van der Waals surface area (Å²) in [6, 6.07) is 1.39. The molecule has 6 nitrogen and oxygen atoms in total. The molecule has 0 radical (unpaired) electrons. The van der Waals surface area contributed by atoms with Crippen LogP contribution in [-0.4, -0.2) is 30.5 Å². The van der Waals surface area contributed by atoms with Crippen molar-refractivity contribution >= 4 is 11.9 Å². The Bertz CT molecular complexity index is 522. The predicted molar refractivity (Wildman–Crippen MR) is 74.6 cm³/mol. The molecule has 2 N–H and O–H groups in total. The summed E-state index contributed by atoms with van der Waals surface area (Å²) in [5.41, 5.74) is 0.545. The van der Waals surface area contributed by atoms with Gasteiger partial charge in [-0.25, -0.2) is 0 Å². The first-order valence-electron chi connectivity index (χ1n) is 6.59. The molecule has 0 aliphatic heterocycles. The number of nitrogens with one attached hydrogen (secondary N) is 2. The average Bonchev–Trinajstić information content (AvgIpc) is 2.42. The summed E-state index contributed by atoms with van der Waals surface area (Å²) in [5, 5.41) is 2.69. The predicted octanol–water partition coefficient (Wildman–Crippen LogP) is 1.15. The van der Waals surface area contributed by atoms with E-state index in [-0.39, 0.29) is 22.9 Å². The van der Waals surface area contributed by atoms with Crippen molar-refractivity contribution in [2.24, 2.45) is 0 Å². The Labute approximate surface area is 117 Å². The highest BCUT2D eigenvalue weighted by Crippen LogP contribution is 2.00. The molecule has 6 heteroatoms. The van der Waals surface area contributed by atoms with Gasteiger partial charge >= 0.3 is 5.97 Å². The van der Waals surface area contributed by atoms with Gasteiger partial charge in [0.25, 0.3) is 5.91 Å². The molecule has 1 aromatic heterocycles. The minimum Gasteiger partial charge on any atom is -0.469 e. The normalized spacial score (nSPS) is 10.1. The molecule has 0 unspecified atom stereocenters. The highest BCUT2D eigenvalue weighted by molar-refractivity contribution is 5.93. The van der Waals surface area contributed by atoms with Crippen molar-refractivity contribution in [3.63, 3.8) is 0 Å². The summed E-state index contributed by atoms with van der Waals surface area (Å²) in [5.74, 6) is -0.598. The minimum atomic E-state index is -0.376. The number of carbonyl (C=O) groups is 2. The van der Waals surface area contributed by atoms with Crippen LogP contribution in [0.4, 0.5) is 0 Å². The van der Waals surface area contributed by atoms with Crippen LogP contribution in [0.15, 0.2) is 17.1 Å². The first-order valence-corrected chi connectivity index (χ1v) is 6.59. The van der Waals surface area contributed by atoms with Gasteiger partial charge in [-0.3, -0.25) is 14.4 Å². The van der Waals surface area contributed by atoms with Crippen molar-refractivity contribution < 1.29 is 14.3 Å². The van der Waals surface area contributed by atoms with Crippen LogP contribution in [0.25, 0.3) is 0 Å². The second-order valence-electron chi connectivity index (χ2n) is 4.54. The van der Waals surface area contributed by atoms with E-state index in [4.69, 9.17) is 0 Å². The summed E-state index contributed by atoms with van der Waals surface area (Å²) in [4.78, 5) is 37.1. The van der Waals surface area contributed by atoms with Gasteiger partial charge in [-0.05, 0) is 19.8 Å². The molecule has 1 rings (SSSR count). The Balaban J connectivity index is 2.27. The molecule has 0 aliphatic rings. The van der Waals surface area contributed by atoms with E-state index in [1.807, 2.05) is 0 Å². The van der Waals surface area contributed by atoms with Gasteiger partial charge < -0.3 is 15.0 Å². The van der Waals surface area contributed by atoms with Crippen LogP contribution in [0.3, 0.4) is 0 Å². The van der Waals surface area contributed by atoms with Crippen LogP contribution in [0.5, 0.6) is 0 Å². The molecule has 1 aromatic rings. The number of ether oxygens (including phenoxy) is 1. The summed E-state index contributed by atoms with van der Waals surface area (Å²) in [6.45, 7) is 2.23. The topological polar surface area (TPSA) is 88.3 Å². The van der Waals surface area contributed by atoms with Crippen LogP contribution >= 0.6 is 0 Å². The molecule has 110 valence electrons. The van der Waals surface area contributed by atoms with Crippen molar-refractivity contribution in [1.29, 1.82) is 0 Å². The number of amides is 1. The zero-order valence-corrected chi connectivity index (χ0v) is 11.8. The molecule has 0 saturated heterocycles. The molecule has 0 bridgehead atoms. The summed E-state index contributed by atoms with van der Waals surface area (Å²) >= 11 is 0. The number of rotatable bonds is 7. The highest BCUT2D eigenvalue weighted by Gasteiger charge is 2.09. The second-order valence-corrected chi connectivity index (χ2v) is 4.54. The maximum atomic E-state index is 11.8. The number of carbonyl (C=O) groups excluding carboxylic acids is 2. The van der Waals surface area contributed by atoms with E-state index < -0.39 is 0 Å². The molecular formula is C14H20N2O4. The first kappa shape index (κ1) is 15.9. The molecule has 0 atom stereocenters. The molecule has 0 fully saturated rings. The van der Waals surface area contributed by atoms with Gasteiger partial charge in [0.2, 0.25) is 0 Å². The Kier molecular flexibility index (Phi) is 6.49. The van der Waals surface area contributed by atoms with Crippen LogP contribution in [-0.2, 0) is 9.53 Å². The number of methoxy groups -OCH3 is 1. The first-order chi connectivity index (χ1) is 9.54. The van der Waals surface area contributed by atoms with Gasteiger partial charge in [0.1, 0.15) is 5.56 Å². The Morgan fingerprint density at radius 3 is 2.70 bits per heavy atom. The van der Waals surface area contributed by atoms with Gasteiger partial charge in [-0.1, -0.05) is 6.42 Å². The standard InChI is InChI=1S/C14H20N2O4/c1-10-8-12(17)11(9-16-10)14(19)15-7-5-3-4-6-13(18)20-2/h8-9H,3-7H2,1-2H3,(H,15,19)(H,16,17). The lowest BCUT2D eigenvalue weighted by Crippen LogP contribution is -2.29. The summed E-state index contributed by atoms with van der Waals surface area (Å²) in [6.07, 6.45) is 4.12. The fourth-order valence-electron chi connectivity index (χ4n) is 1.72. The monoisotopic (exact) mass is 280 g/mol. The molecule has 0 aromatic carbocycles. The average molecular weight is 280 g/mol. The lowest BCUT2D eigenvalue weighted by molar-refractivity contribution is -0.140. The van der Waals surface area contributed by atoms with Crippen molar-refractivity contribution in [2.75, 3.05) is 13.7 Å². The van der Waals surface area contributed by atoms with Gasteiger partial charge in [0.15, 0.2) is 5.43 Å². The lowest BCUT2D eigenvalue weighted by atomic mass is 10.2. The number of aromatic nitrogens is 1. The Morgan fingerprint density at radius 1 is 1.30 bits per heavy atom. The molecule has 0 saturated carbocycles. The number of aromatic amines is 1. The SMILES string of the molecule is COC(=O)CCCCCNC(=O)c1c[nH]c(C)cc1=O.